The Morgan fingerprint density at radius 2 is 1.78 bits per heavy atom. The number of nitrogens with zero attached hydrogens (tertiary/aromatic N) is 1. The third-order valence-electron chi connectivity index (χ3n) is 6.07. The van der Waals surface area contributed by atoms with Gasteiger partial charge in [0.2, 0.25) is 0 Å². The first kappa shape index (κ1) is 18.3. The van der Waals surface area contributed by atoms with Crippen LogP contribution in [0.3, 0.4) is 0 Å². The highest BCUT2D eigenvalue weighted by molar-refractivity contribution is 5.84. The fourth-order valence-corrected chi connectivity index (χ4v) is 4.59. The van der Waals surface area contributed by atoms with Gasteiger partial charge in [0.25, 0.3) is 5.91 Å². The van der Waals surface area contributed by atoms with Gasteiger partial charge in [-0.05, 0) is 68.6 Å². The molecule has 144 valence electrons. The summed E-state index contributed by atoms with van der Waals surface area (Å²) >= 11 is 0. The van der Waals surface area contributed by atoms with Crippen LogP contribution in [0.5, 0.6) is 5.75 Å². The van der Waals surface area contributed by atoms with Crippen molar-refractivity contribution in [3.05, 3.63) is 42.5 Å². The highest BCUT2D eigenvalue weighted by atomic mass is 16.5. The number of amides is 1. The van der Waals surface area contributed by atoms with Crippen LogP contribution in [0.4, 0.5) is 0 Å². The topological polar surface area (TPSA) is 41.6 Å². The lowest BCUT2D eigenvalue weighted by Gasteiger charge is -2.38. The van der Waals surface area contributed by atoms with Gasteiger partial charge in [0, 0.05) is 12.1 Å². The van der Waals surface area contributed by atoms with Crippen molar-refractivity contribution in [3.8, 4) is 5.75 Å². The molecule has 1 aliphatic carbocycles. The van der Waals surface area contributed by atoms with Crippen LogP contribution in [0, 0.1) is 0 Å². The maximum Gasteiger partial charge on any atom is 0.261 e. The summed E-state index contributed by atoms with van der Waals surface area (Å²) < 4.78 is 5.96. The van der Waals surface area contributed by atoms with Crippen LogP contribution in [-0.4, -0.2) is 42.1 Å². The van der Waals surface area contributed by atoms with Crippen molar-refractivity contribution >= 4 is 16.7 Å². The van der Waals surface area contributed by atoms with Gasteiger partial charge in [0.05, 0.1) is 0 Å². The molecule has 0 aromatic heterocycles. The average molecular weight is 367 g/mol. The second-order valence-corrected chi connectivity index (χ2v) is 7.98. The largest absolute Gasteiger partial charge is 0.481 e. The van der Waals surface area contributed by atoms with Gasteiger partial charge in [-0.3, -0.25) is 9.69 Å². The zero-order valence-corrected chi connectivity index (χ0v) is 16.2. The van der Waals surface area contributed by atoms with Gasteiger partial charge in [-0.25, -0.2) is 0 Å². The Balaban J connectivity index is 1.38. The zero-order valence-electron chi connectivity index (χ0n) is 16.2. The Kier molecular flexibility index (Phi) is 5.63. The molecule has 1 heterocycles. The molecule has 2 fully saturated rings. The Hall–Kier alpha value is -2.07. The summed E-state index contributed by atoms with van der Waals surface area (Å²) in [6, 6.07) is 14.9. The van der Waals surface area contributed by atoms with Crippen molar-refractivity contribution in [2.45, 2.75) is 63.6 Å². The minimum Gasteiger partial charge on any atom is -0.481 e. The van der Waals surface area contributed by atoms with Crippen molar-refractivity contribution in [2.24, 2.45) is 0 Å². The van der Waals surface area contributed by atoms with Crippen LogP contribution in [0.15, 0.2) is 42.5 Å². The molecule has 2 aromatic rings. The lowest BCUT2D eigenvalue weighted by molar-refractivity contribution is -0.128. The monoisotopic (exact) mass is 366 g/mol. The van der Waals surface area contributed by atoms with E-state index >= 15 is 0 Å². The fourth-order valence-electron chi connectivity index (χ4n) is 4.59. The van der Waals surface area contributed by atoms with Crippen LogP contribution >= 0.6 is 0 Å². The minimum atomic E-state index is -0.493. The number of benzene rings is 2. The lowest BCUT2D eigenvalue weighted by atomic mass is 9.89. The van der Waals surface area contributed by atoms with E-state index < -0.39 is 6.10 Å². The number of likely N-dealkylation sites (tertiary alicyclic amines) is 1. The summed E-state index contributed by atoms with van der Waals surface area (Å²) in [6.07, 6.45) is 6.84. The number of ether oxygens (including phenoxy) is 1. The second kappa shape index (κ2) is 8.30. The Morgan fingerprint density at radius 3 is 2.59 bits per heavy atom. The van der Waals surface area contributed by atoms with Crippen molar-refractivity contribution < 1.29 is 9.53 Å². The molecule has 0 bridgehead atoms. The number of carbonyl (C=O) groups excluding carboxylic acids is 1. The van der Waals surface area contributed by atoms with Gasteiger partial charge in [-0.2, -0.15) is 0 Å². The van der Waals surface area contributed by atoms with Gasteiger partial charge in [-0.1, -0.05) is 43.2 Å². The quantitative estimate of drug-likeness (QED) is 0.865. The number of hydrogen-bond donors (Lipinski definition) is 1. The van der Waals surface area contributed by atoms with Gasteiger partial charge < -0.3 is 10.1 Å². The average Bonchev–Trinajstić information content (AvgIpc) is 3.23. The summed E-state index contributed by atoms with van der Waals surface area (Å²) in [6.45, 7) is 4.21. The van der Waals surface area contributed by atoms with Crippen molar-refractivity contribution in [3.63, 3.8) is 0 Å². The number of hydrogen-bond acceptors (Lipinski definition) is 3. The first-order valence-corrected chi connectivity index (χ1v) is 10.4. The zero-order chi connectivity index (χ0) is 18.6. The van der Waals surface area contributed by atoms with Gasteiger partial charge >= 0.3 is 0 Å². The molecule has 1 amide bonds. The molecule has 1 N–H and O–H groups in total. The van der Waals surface area contributed by atoms with Crippen LogP contribution in [0.25, 0.3) is 10.8 Å². The SMILES string of the molecule is CC(Oc1ccc2ccccc2c1)C(=O)NC1CCCCC1N1CCCC1. The fraction of sp³-hybridized carbons (Fsp3) is 0.522. The molecule has 0 spiro atoms. The smallest absolute Gasteiger partial charge is 0.261 e. The normalized spacial score (nSPS) is 24.6. The van der Waals surface area contributed by atoms with Gasteiger partial charge in [-0.15, -0.1) is 0 Å². The maximum atomic E-state index is 12.8. The molecular formula is C23H30N2O2. The van der Waals surface area contributed by atoms with E-state index in [1.165, 1.54) is 50.6 Å². The van der Waals surface area contributed by atoms with Crippen molar-refractivity contribution in [1.82, 2.24) is 10.2 Å². The summed E-state index contributed by atoms with van der Waals surface area (Å²) in [5.41, 5.74) is 0. The van der Waals surface area contributed by atoms with Crippen molar-refractivity contribution in [1.29, 1.82) is 0 Å². The van der Waals surface area contributed by atoms with E-state index in [4.69, 9.17) is 4.74 Å². The van der Waals surface area contributed by atoms with Gasteiger partial charge in [0.15, 0.2) is 6.10 Å². The van der Waals surface area contributed by atoms with Crippen LogP contribution in [0.1, 0.15) is 45.4 Å². The van der Waals surface area contributed by atoms with Crippen LogP contribution in [0.2, 0.25) is 0 Å². The van der Waals surface area contributed by atoms with E-state index in [0.717, 1.165) is 17.6 Å². The molecule has 3 unspecified atom stereocenters. The van der Waals surface area contributed by atoms with E-state index in [0.29, 0.717) is 6.04 Å². The first-order chi connectivity index (χ1) is 13.2. The Labute approximate surface area is 161 Å². The third-order valence-corrected chi connectivity index (χ3v) is 6.07. The number of nitrogens with one attached hydrogen (secondary N) is 1. The van der Waals surface area contributed by atoms with E-state index in [1.54, 1.807) is 0 Å². The summed E-state index contributed by atoms with van der Waals surface area (Å²) in [7, 11) is 0. The molecule has 4 heteroatoms. The summed E-state index contributed by atoms with van der Waals surface area (Å²) in [5, 5.41) is 5.60. The molecule has 4 rings (SSSR count). The molecule has 4 nitrogen and oxygen atoms in total. The van der Waals surface area contributed by atoms with E-state index in [2.05, 4.69) is 22.3 Å². The number of fused-ring (bicyclic) bond motifs is 1. The molecule has 3 atom stereocenters. The second-order valence-electron chi connectivity index (χ2n) is 7.98. The molecule has 27 heavy (non-hydrogen) atoms. The predicted molar refractivity (Wildman–Crippen MR) is 109 cm³/mol. The molecular weight excluding hydrogens is 336 g/mol. The van der Waals surface area contributed by atoms with Crippen molar-refractivity contribution in [2.75, 3.05) is 13.1 Å². The minimum absolute atomic E-state index is 0.000689. The number of rotatable bonds is 5. The molecule has 1 saturated heterocycles. The highest BCUT2D eigenvalue weighted by Crippen LogP contribution is 2.27. The standard InChI is InChI=1S/C23H30N2O2/c1-17(27-20-13-12-18-8-2-3-9-19(18)16-20)23(26)24-21-10-4-5-11-22(21)25-14-6-7-15-25/h2-3,8-9,12-13,16-17,21-22H,4-7,10-11,14-15H2,1H3,(H,24,26). The lowest BCUT2D eigenvalue weighted by Crippen LogP contribution is -2.54. The summed E-state index contributed by atoms with van der Waals surface area (Å²) in [4.78, 5) is 15.4. The third kappa shape index (κ3) is 4.27. The molecule has 1 saturated carbocycles. The summed E-state index contributed by atoms with van der Waals surface area (Å²) in [5.74, 6) is 0.746. The van der Waals surface area contributed by atoms with E-state index in [-0.39, 0.29) is 11.9 Å². The van der Waals surface area contributed by atoms with E-state index in [9.17, 15) is 4.79 Å². The Morgan fingerprint density at radius 1 is 1.04 bits per heavy atom. The van der Waals surface area contributed by atoms with Crippen LogP contribution < -0.4 is 10.1 Å². The molecule has 1 aliphatic heterocycles. The predicted octanol–water partition coefficient (Wildman–Crippen LogP) is 4.13. The van der Waals surface area contributed by atoms with Crippen LogP contribution in [-0.2, 0) is 4.79 Å². The van der Waals surface area contributed by atoms with Gasteiger partial charge in [0.1, 0.15) is 5.75 Å². The first-order valence-electron chi connectivity index (χ1n) is 10.4. The highest BCUT2D eigenvalue weighted by Gasteiger charge is 2.33. The Bertz CT molecular complexity index is 785. The molecule has 2 aliphatic rings. The molecule has 0 radical (unpaired) electrons. The van der Waals surface area contributed by atoms with E-state index in [1.807, 2.05) is 37.3 Å². The number of carbonyl (C=O) groups is 1. The maximum absolute atomic E-state index is 12.8. The molecule has 2 aromatic carbocycles.